The number of benzene rings is 1. The van der Waals surface area contributed by atoms with E-state index < -0.39 is 24.5 Å². The SMILES string of the molecule is CCOC(=O)C1=C(CO)NC(C)=C(C(=O)OCCSCC)C1c1ccccc1C#N. The molecule has 160 valence electrons. The predicted molar refractivity (Wildman–Crippen MR) is 114 cm³/mol. The van der Waals surface area contributed by atoms with E-state index in [1.807, 2.05) is 6.92 Å². The second-order valence-corrected chi connectivity index (χ2v) is 7.79. The van der Waals surface area contributed by atoms with Crippen LogP contribution >= 0.6 is 11.8 Å². The number of dihydropyridines is 1. The molecule has 1 aromatic rings. The number of allylic oxidation sites excluding steroid dienone is 1. The fourth-order valence-corrected chi connectivity index (χ4v) is 3.81. The van der Waals surface area contributed by atoms with Crippen molar-refractivity contribution in [1.82, 2.24) is 5.32 Å². The van der Waals surface area contributed by atoms with Crippen molar-refractivity contribution in [1.29, 1.82) is 5.26 Å². The summed E-state index contributed by atoms with van der Waals surface area (Å²) in [4.78, 5) is 25.9. The number of nitrogens with zero attached hydrogens (tertiary/aromatic N) is 1. The molecule has 0 bridgehead atoms. The molecule has 0 saturated carbocycles. The van der Waals surface area contributed by atoms with Crippen LogP contribution in [0.4, 0.5) is 0 Å². The molecule has 0 aliphatic carbocycles. The highest BCUT2D eigenvalue weighted by Crippen LogP contribution is 2.40. The monoisotopic (exact) mass is 430 g/mol. The van der Waals surface area contributed by atoms with Crippen LogP contribution in [0.2, 0.25) is 0 Å². The molecule has 1 unspecified atom stereocenters. The van der Waals surface area contributed by atoms with E-state index in [4.69, 9.17) is 9.47 Å². The number of aliphatic hydroxyl groups is 1. The lowest BCUT2D eigenvalue weighted by Gasteiger charge is -2.31. The van der Waals surface area contributed by atoms with Gasteiger partial charge in [0.2, 0.25) is 0 Å². The Morgan fingerprint density at radius 2 is 1.90 bits per heavy atom. The normalized spacial score (nSPS) is 16.0. The molecule has 1 atom stereocenters. The second-order valence-electron chi connectivity index (χ2n) is 6.40. The predicted octanol–water partition coefficient (Wildman–Crippen LogP) is 2.62. The summed E-state index contributed by atoms with van der Waals surface area (Å²) in [6, 6.07) is 8.87. The van der Waals surface area contributed by atoms with Gasteiger partial charge in [-0.2, -0.15) is 17.0 Å². The van der Waals surface area contributed by atoms with Gasteiger partial charge >= 0.3 is 11.9 Å². The molecular formula is C22H26N2O5S. The third-order valence-corrected chi connectivity index (χ3v) is 5.44. The van der Waals surface area contributed by atoms with Crippen LogP contribution in [0.5, 0.6) is 0 Å². The van der Waals surface area contributed by atoms with Crippen LogP contribution in [-0.4, -0.2) is 48.4 Å². The standard InChI is InChI=1S/C22H26N2O5S/c1-4-28-22(27)20-17(13-25)24-14(3)18(21(26)29-10-11-30-5-2)19(20)16-9-7-6-8-15(16)12-23/h6-9,19,24-25H,4-5,10-11,13H2,1-3H3. The average molecular weight is 431 g/mol. The van der Waals surface area contributed by atoms with Gasteiger partial charge in [-0.1, -0.05) is 25.1 Å². The largest absolute Gasteiger partial charge is 0.463 e. The van der Waals surface area contributed by atoms with Gasteiger partial charge in [0.1, 0.15) is 6.61 Å². The van der Waals surface area contributed by atoms with Crippen molar-refractivity contribution >= 4 is 23.7 Å². The zero-order chi connectivity index (χ0) is 22.1. The van der Waals surface area contributed by atoms with E-state index in [-0.39, 0.29) is 30.1 Å². The minimum Gasteiger partial charge on any atom is -0.463 e. The Balaban J connectivity index is 2.60. The highest BCUT2D eigenvalue weighted by molar-refractivity contribution is 7.99. The molecule has 7 nitrogen and oxygen atoms in total. The van der Waals surface area contributed by atoms with Crippen molar-refractivity contribution in [2.24, 2.45) is 0 Å². The Morgan fingerprint density at radius 3 is 2.53 bits per heavy atom. The number of hydrogen-bond donors (Lipinski definition) is 2. The zero-order valence-electron chi connectivity index (χ0n) is 17.4. The summed E-state index contributed by atoms with van der Waals surface area (Å²) in [6.07, 6.45) is 0. The van der Waals surface area contributed by atoms with E-state index in [0.717, 1.165) is 5.75 Å². The number of nitrogens with one attached hydrogen (secondary N) is 1. The molecule has 2 rings (SSSR count). The Hall–Kier alpha value is -2.76. The summed E-state index contributed by atoms with van der Waals surface area (Å²) in [6.45, 7) is 5.28. The second kappa shape index (κ2) is 11.4. The molecule has 0 saturated heterocycles. The van der Waals surface area contributed by atoms with Crippen molar-refractivity contribution in [3.63, 3.8) is 0 Å². The number of hydrogen-bond acceptors (Lipinski definition) is 8. The van der Waals surface area contributed by atoms with E-state index in [1.54, 1.807) is 49.9 Å². The van der Waals surface area contributed by atoms with Gasteiger partial charge in [-0.25, -0.2) is 9.59 Å². The summed E-state index contributed by atoms with van der Waals surface area (Å²) in [5, 5.41) is 22.4. The topological polar surface area (TPSA) is 109 Å². The number of aliphatic hydroxyl groups excluding tert-OH is 1. The lowest BCUT2D eigenvalue weighted by molar-refractivity contribution is -0.139. The fraction of sp³-hybridized carbons (Fsp3) is 0.409. The molecule has 0 amide bonds. The third-order valence-electron chi connectivity index (χ3n) is 4.58. The van der Waals surface area contributed by atoms with Crippen LogP contribution in [-0.2, 0) is 19.1 Å². The lowest BCUT2D eigenvalue weighted by atomic mass is 9.78. The Morgan fingerprint density at radius 1 is 1.20 bits per heavy atom. The molecule has 1 heterocycles. The van der Waals surface area contributed by atoms with Gasteiger partial charge < -0.3 is 19.9 Å². The van der Waals surface area contributed by atoms with Crippen LogP contribution in [0.15, 0.2) is 46.8 Å². The maximum Gasteiger partial charge on any atom is 0.336 e. The van der Waals surface area contributed by atoms with E-state index in [0.29, 0.717) is 22.6 Å². The molecule has 0 radical (unpaired) electrons. The van der Waals surface area contributed by atoms with Crippen LogP contribution < -0.4 is 5.32 Å². The van der Waals surface area contributed by atoms with Crippen molar-refractivity contribution in [2.45, 2.75) is 26.7 Å². The van der Waals surface area contributed by atoms with Crippen LogP contribution in [0.3, 0.4) is 0 Å². The number of esters is 2. The first kappa shape index (κ1) is 23.5. The number of carbonyl (C=O) groups excluding carboxylic acids is 2. The number of rotatable bonds is 9. The van der Waals surface area contributed by atoms with Gasteiger partial charge in [-0.15, -0.1) is 0 Å². The number of thioether (sulfide) groups is 1. The summed E-state index contributed by atoms with van der Waals surface area (Å²) >= 11 is 1.65. The highest BCUT2D eigenvalue weighted by atomic mass is 32.2. The zero-order valence-corrected chi connectivity index (χ0v) is 18.2. The molecule has 0 aromatic heterocycles. The lowest BCUT2D eigenvalue weighted by Crippen LogP contribution is -2.35. The van der Waals surface area contributed by atoms with Crippen LogP contribution in [0.25, 0.3) is 0 Å². The van der Waals surface area contributed by atoms with Crippen LogP contribution in [0.1, 0.15) is 37.8 Å². The van der Waals surface area contributed by atoms with Gasteiger partial charge in [-0.3, -0.25) is 0 Å². The van der Waals surface area contributed by atoms with Gasteiger partial charge in [0.25, 0.3) is 0 Å². The van der Waals surface area contributed by atoms with E-state index >= 15 is 0 Å². The van der Waals surface area contributed by atoms with Gasteiger partial charge in [-0.05, 0) is 31.2 Å². The molecule has 1 aliphatic heterocycles. The highest BCUT2D eigenvalue weighted by Gasteiger charge is 2.39. The number of nitriles is 1. The minimum atomic E-state index is -0.894. The fourth-order valence-electron chi connectivity index (χ4n) is 3.32. The molecular weight excluding hydrogens is 404 g/mol. The quantitative estimate of drug-likeness (QED) is 0.455. The maximum absolute atomic E-state index is 13.0. The van der Waals surface area contributed by atoms with Crippen molar-refractivity contribution in [2.75, 3.05) is 31.3 Å². The number of carbonyl (C=O) groups is 2. The summed E-state index contributed by atoms with van der Waals surface area (Å²) < 4.78 is 10.7. The summed E-state index contributed by atoms with van der Waals surface area (Å²) in [5.74, 6) is -0.563. The van der Waals surface area contributed by atoms with Gasteiger partial charge in [0, 0.05) is 11.4 Å². The van der Waals surface area contributed by atoms with E-state index in [9.17, 15) is 20.0 Å². The molecule has 1 aliphatic rings. The number of ether oxygens (including phenoxy) is 2. The Kier molecular flexibility index (Phi) is 8.96. The minimum absolute atomic E-state index is 0.0996. The van der Waals surface area contributed by atoms with E-state index in [1.165, 1.54) is 0 Å². The molecule has 8 heteroatoms. The van der Waals surface area contributed by atoms with Gasteiger partial charge in [0.15, 0.2) is 0 Å². The Bertz CT molecular complexity index is 901. The van der Waals surface area contributed by atoms with Crippen molar-refractivity contribution in [3.05, 3.63) is 57.9 Å². The van der Waals surface area contributed by atoms with Crippen LogP contribution in [0, 0.1) is 11.3 Å². The average Bonchev–Trinajstić information content (AvgIpc) is 2.75. The molecule has 0 spiro atoms. The van der Waals surface area contributed by atoms with Crippen molar-refractivity contribution < 1.29 is 24.2 Å². The first-order valence-electron chi connectivity index (χ1n) is 9.72. The first-order valence-corrected chi connectivity index (χ1v) is 10.9. The summed E-state index contributed by atoms with van der Waals surface area (Å²) in [5.41, 5.74) is 1.81. The maximum atomic E-state index is 13.0. The molecule has 1 aromatic carbocycles. The molecule has 30 heavy (non-hydrogen) atoms. The third kappa shape index (κ3) is 5.23. The molecule has 2 N–H and O–H groups in total. The molecule has 0 fully saturated rings. The van der Waals surface area contributed by atoms with E-state index in [2.05, 4.69) is 11.4 Å². The Labute approximate surface area is 180 Å². The van der Waals surface area contributed by atoms with Gasteiger partial charge in [0.05, 0.1) is 47.6 Å². The van der Waals surface area contributed by atoms with Crippen molar-refractivity contribution in [3.8, 4) is 6.07 Å². The summed E-state index contributed by atoms with van der Waals surface area (Å²) in [7, 11) is 0. The first-order chi connectivity index (χ1) is 14.5. The smallest absolute Gasteiger partial charge is 0.336 e.